The second-order valence-electron chi connectivity index (χ2n) is 6.44. The van der Waals surface area contributed by atoms with Crippen LogP contribution in [0.2, 0.25) is 0 Å². The lowest BCUT2D eigenvalue weighted by Crippen LogP contribution is -2.31. The fourth-order valence-corrected chi connectivity index (χ4v) is 3.91. The third kappa shape index (κ3) is 4.31. The lowest BCUT2D eigenvalue weighted by Gasteiger charge is -2.23. The molecule has 1 heterocycles. The Morgan fingerprint density at radius 2 is 2.00 bits per heavy atom. The number of carboxylic acid groups (broad SMARTS) is 1. The van der Waals surface area contributed by atoms with E-state index in [1.807, 2.05) is 38.1 Å². The summed E-state index contributed by atoms with van der Waals surface area (Å²) in [6, 6.07) is 11.8. The molecule has 2 amide bonds. The van der Waals surface area contributed by atoms with Gasteiger partial charge in [0.1, 0.15) is 0 Å². The number of nitrogens with one attached hydrogen (secondary N) is 2. The number of carbonyl (C=O) groups is 3. The van der Waals surface area contributed by atoms with Crippen LogP contribution in [0.3, 0.4) is 0 Å². The summed E-state index contributed by atoms with van der Waals surface area (Å²) < 4.78 is 0. The van der Waals surface area contributed by atoms with Crippen LogP contribution in [-0.2, 0) is 9.59 Å². The molecule has 27 heavy (non-hydrogen) atoms. The van der Waals surface area contributed by atoms with Crippen LogP contribution in [0.5, 0.6) is 0 Å². The van der Waals surface area contributed by atoms with Gasteiger partial charge >= 0.3 is 5.97 Å². The minimum absolute atomic E-state index is 0.103. The van der Waals surface area contributed by atoms with Gasteiger partial charge < -0.3 is 15.7 Å². The van der Waals surface area contributed by atoms with Crippen molar-refractivity contribution in [1.82, 2.24) is 5.32 Å². The fourth-order valence-electron chi connectivity index (χ4n) is 2.98. The highest BCUT2D eigenvalue weighted by Gasteiger charge is 2.25. The van der Waals surface area contributed by atoms with E-state index in [-0.39, 0.29) is 23.5 Å². The zero-order valence-corrected chi connectivity index (χ0v) is 15.8. The molecule has 0 aromatic heterocycles. The van der Waals surface area contributed by atoms with E-state index in [0.717, 1.165) is 16.0 Å². The molecule has 2 aromatic rings. The number of hydrogen-bond donors (Lipinski definition) is 3. The maximum atomic E-state index is 12.7. The Labute approximate surface area is 161 Å². The van der Waals surface area contributed by atoms with E-state index in [9.17, 15) is 19.5 Å². The van der Waals surface area contributed by atoms with E-state index in [2.05, 4.69) is 10.6 Å². The SMILES string of the molecule is Cc1ccccc1C(CC(=O)O)NC(=O)c1ccc2c(c1)NC(=O)C(C)S2. The monoisotopic (exact) mass is 384 g/mol. The fraction of sp³-hybridized carbons (Fsp3) is 0.250. The van der Waals surface area contributed by atoms with Gasteiger partial charge in [-0.2, -0.15) is 0 Å². The van der Waals surface area contributed by atoms with E-state index in [1.54, 1.807) is 18.2 Å². The Morgan fingerprint density at radius 3 is 2.70 bits per heavy atom. The summed E-state index contributed by atoms with van der Waals surface area (Å²) in [6.07, 6.45) is -0.217. The van der Waals surface area contributed by atoms with Gasteiger partial charge in [-0.05, 0) is 43.2 Å². The van der Waals surface area contributed by atoms with Crippen molar-refractivity contribution in [3.63, 3.8) is 0 Å². The van der Waals surface area contributed by atoms with Gasteiger partial charge in [0.25, 0.3) is 5.91 Å². The molecule has 7 heteroatoms. The van der Waals surface area contributed by atoms with Gasteiger partial charge in [0.2, 0.25) is 5.91 Å². The van der Waals surface area contributed by atoms with Gasteiger partial charge in [-0.1, -0.05) is 24.3 Å². The molecule has 1 aliphatic heterocycles. The third-order valence-electron chi connectivity index (χ3n) is 4.42. The molecule has 2 unspecified atom stereocenters. The zero-order chi connectivity index (χ0) is 19.6. The van der Waals surface area contributed by atoms with E-state index >= 15 is 0 Å². The van der Waals surface area contributed by atoms with Crippen LogP contribution in [0.25, 0.3) is 0 Å². The van der Waals surface area contributed by atoms with Crippen molar-refractivity contribution in [3.8, 4) is 0 Å². The Balaban J connectivity index is 1.84. The molecular weight excluding hydrogens is 364 g/mol. The van der Waals surface area contributed by atoms with Gasteiger partial charge in [0, 0.05) is 10.5 Å². The molecule has 140 valence electrons. The molecule has 0 saturated heterocycles. The van der Waals surface area contributed by atoms with Gasteiger partial charge in [-0.15, -0.1) is 11.8 Å². The molecule has 6 nitrogen and oxygen atoms in total. The number of fused-ring (bicyclic) bond motifs is 1. The quantitative estimate of drug-likeness (QED) is 0.735. The summed E-state index contributed by atoms with van der Waals surface area (Å²) in [5.74, 6) is -1.48. The summed E-state index contributed by atoms with van der Waals surface area (Å²) in [5, 5.41) is 14.7. The average molecular weight is 384 g/mol. The van der Waals surface area contributed by atoms with Gasteiger partial charge in [0.15, 0.2) is 0 Å². The van der Waals surface area contributed by atoms with E-state index in [1.165, 1.54) is 11.8 Å². The first-order chi connectivity index (χ1) is 12.8. The number of aliphatic carboxylic acids is 1. The van der Waals surface area contributed by atoms with E-state index < -0.39 is 12.0 Å². The molecule has 0 fully saturated rings. The van der Waals surface area contributed by atoms with E-state index in [0.29, 0.717) is 11.3 Å². The van der Waals surface area contributed by atoms with Crippen molar-refractivity contribution in [2.75, 3.05) is 5.32 Å². The number of carbonyl (C=O) groups excluding carboxylic acids is 2. The van der Waals surface area contributed by atoms with Gasteiger partial charge in [-0.3, -0.25) is 14.4 Å². The number of rotatable bonds is 5. The second-order valence-corrected chi connectivity index (χ2v) is 7.82. The first kappa shape index (κ1) is 19.0. The smallest absolute Gasteiger partial charge is 0.305 e. The highest BCUT2D eigenvalue weighted by atomic mass is 32.2. The third-order valence-corrected chi connectivity index (χ3v) is 5.60. The Kier molecular flexibility index (Phi) is 5.51. The highest BCUT2D eigenvalue weighted by molar-refractivity contribution is 8.00. The standard InChI is InChI=1S/C20H20N2O4S/c1-11-5-3-4-6-14(11)15(10-18(23)24)21-20(26)13-7-8-17-16(9-13)22-19(25)12(2)27-17/h3-9,12,15H,10H2,1-2H3,(H,21,26)(H,22,25)(H,23,24). The summed E-state index contributed by atoms with van der Waals surface area (Å²) in [4.78, 5) is 36.8. The van der Waals surface area contributed by atoms with Crippen molar-refractivity contribution in [1.29, 1.82) is 0 Å². The van der Waals surface area contributed by atoms with Gasteiger partial charge in [-0.25, -0.2) is 0 Å². The number of hydrogen-bond acceptors (Lipinski definition) is 4. The molecule has 0 spiro atoms. The van der Waals surface area contributed by atoms with Gasteiger partial charge in [0.05, 0.1) is 23.4 Å². The van der Waals surface area contributed by atoms with E-state index in [4.69, 9.17) is 0 Å². The van der Waals surface area contributed by atoms with Crippen LogP contribution < -0.4 is 10.6 Å². The number of anilines is 1. The Hall–Kier alpha value is -2.80. The Bertz CT molecular complexity index is 913. The molecule has 3 rings (SSSR count). The largest absolute Gasteiger partial charge is 0.481 e. The maximum Gasteiger partial charge on any atom is 0.305 e. The van der Waals surface area contributed by atoms with Crippen LogP contribution in [0.4, 0.5) is 5.69 Å². The number of carboxylic acids is 1. The summed E-state index contributed by atoms with van der Waals surface area (Å²) >= 11 is 1.44. The summed E-state index contributed by atoms with van der Waals surface area (Å²) in [6.45, 7) is 3.70. The van der Waals surface area contributed by atoms with Crippen molar-refractivity contribution in [2.45, 2.75) is 36.5 Å². The van der Waals surface area contributed by atoms with Crippen molar-refractivity contribution >= 4 is 35.2 Å². The number of aryl methyl sites for hydroxylation is 1. The Morgan fingerprint density at radius 1 is 1.26 bits per heavy atom. The average Bonchev–Trinajstić information content (AvgIpc) is 2.61. The highest BCUT2D eigenvalue weighted by Crippen LogP contribution is 2.36. The molecule has 0 aliphatic carbocycles. The maximum absolute atomic E-state index is 12.7. The first-order valence-corrected chi connectivity index (χ1v) is 9.43. The minimum Gasteiger partial charge on any atom is -0.481 e. The van der Waals surface area contributed by atoms with Crippen LogP contribution in [-0.4, -0.2) is 28.1 Å². The van der Waals surface area contributed by atoms with Crippen LogP contribution in [0.15, 0.2) is 47.4 Å². The molecule has 3 N–H and O–H groups in total. The van der Waals surface area contributed by atoms with Crippen LogP contribution in [0, 0.1) is 6.92 Å². The zero-order valence-electron chi connectivity index (χ0n) is 15.0. The summed E-state index contributed by atoms with van der Waals surface area (Å²) in [5.41, 5.74) is 2.64. The topological polar surface area (TPSA) is 95.5 Å². The number of benzene rings is 2. The van der Waals surface area contributed by atoms with Crippen LogP contribution >= 0.6 is 11.8 Å². The van der Waals surface area contributed by atoms with Crippen molar-refractivity contribution in [3.05, 3.63) is 59.2 Å². The molecule has 0 saturated carbocycles. The predicted molar refractivity (Wildman–Crippen MR) is 104 cm³/mol. The second kappa shape index (κ2) is 7.84. The molecule has 1 aliphatic rings. The number of amides is 2. The lowest BCUT2D eigenvalue weighted by molar-refractivity contribution is -0.137. The molecule has 0 radical (unpaired) electrons. The van der Waals surface area contributed by atoms with Crippen molar-refractivity contribution < 1.29 is 19.5 Å². The lowest BCUT2D eigenvalue weighted by atomic mass is 9.98. The molecule has 0 bridgehead atoms. The summed E-state index contributed by atoms with van der Waals surface area (Å²) in [7, 11) is 0. The molecular formula is C20H20N2O4S. The first-order valence-electron chi connectivity index (χ1n) is 8.55. The minimum atomic E-state index is -0.994. The van der Waals surface area contributed by atoms with Crippen LogP contribution in [0.1, 0.15) is 40.9 Å². The number of thioether (sulfide) groups is 1. The predicted octanol–water partition coefficient (Wildman–Crippen LogP) is 3.37. The normalized spacial score (nSPS) is 16.8. The molecule has 2 aromatic carbocycles. The van der Waals surface area contributed by atoms with Crippen molar-refractivity contribution in [2.24, 2.45) is 0 Å². The molecule has 2 atom stereocenters.